The van der Waals surface area contributed by atoms with Crippen molar-refractivity contribution in [2.75, 3.05) is 14.2 Å². The first-order valence-electron chi connectivity index (χ1n) is 9.17. The summed E-state index contributed by atoms with van der Waals surface area (Å²) in [6.45, 7) is 0. The zero-order valence-electron chi connectivity index (χ0n) is 18.2. The third kappa shape index (κ3) is 10.1. The van der Waals surface area contributed by atoms with Crippen LogP contribution in [-0.2, 0) is 21.7 Å². The van der Waals surface area contributed by atoms with Crippen molar-refractivity contribution >= 4 is 0 Å². The molecule has 2 aromatic carbocycles. The van der Waals surface area contributed by atoms with Crippen LogP contribution in [0, 0.1) is 70.8 Å². The fourth-order valence-electron chi connectivity index (χ4n) is 2.04. The molecule has 2 aromatic rings. The molecular formula is C24H16F8O2Ti. The molecule has 0 spiro atoms. The van der Waals surface area contributed by atoms with Gasteiger partial charge < -0.3 is 9.47 Å². The summed E-state index contributed by atoms with van der Waals surface area (Å²) in [7, 11) is 1.81. The van der Waals surface area contributed by atoms with Gasteiger partial charge in [0.25, 0.3) is 0 Å². The molecule has 0 heterocycles. The zero-order valence-corrected chi connectivity index (χ0v) is 19.8. The number of methoxy groups -OCH3 is 2. The molecule has 0 radical (unpaired) electrons. The molecule has 0 atom stereocenters. The fraction of sp³-hybridized carbons (Fsp3) is 0.167. The van der Waals surface area contributed by atoms with E-state index in [0.29, 0.717) is 0 Å². The normalized spacial score (nSPS) is 11.9. The molecule has 0 fully saturated rings. The number of benzene rings is 2. The molecule has 0 saturated heterocycles. The van der Waals surface area contributed by atoms with E-state index in [4.69, 9.17) is 0 Å². The zero-order chi connectivity index (χ0) is 25.7. The molecule has 35 heavy (non-hydrogen) atoms. The third-order valence-electron chi connectivity index (χ3n) is 3.59. The summed E-state index contributed by atoms with van der Waals surface area (Å²) < 4.78 is 107. The van der Waals surface area contributed by atoms with Crippen molar-refractivity contribution in [3.63, 3.8) is 0 Å². The van der Waals surface area contributed by atoms with E-state index in [-0.39, 0.29) is 21.7 Å². The summed E-state index contributed by atoms with van der Waals surface area (Å²) in [6, 6.07) is 2.44. The van der Waals surface area contributed by atoms with Crippen molar-refractivity contribution in [2.45, 2.75) is 12.8 Å². The van der Waals surface area contributed by atoms with Gasteiger partial charge in [0, 0.05) is 0 Å². The van der Waals surface area contributed by atoms with Crippen molar-refractivity contribution in [2.24, 2.45) is 0 Å². The second-order valence-corrected chi connectivity index (χ2v) is 5.83. The first kappa shape index (κ1) is 32.2. The maximum Gasteiger partial charge on any atom is 4.00 e. The molecule has 0 aliphatic heterocycles. The van der Waals surface area contributed by atoms with Gasteiger partial charge in [0.1, 0.15) is 0 Å². The van der Waals surface area contributed by atoms with Crippen LogP contribution in [0.5, 0.6) is 11.5 Å². The summed E-state index contributed by atoms with van der Waals surface area (Å²) in [5.41, 5.74) is 0. The number of rotatable bonds is 2. The minimum Gasteiger partial charge on any atom is -0.516 e. The summed E-state index contributed by atoms with van der Waals surface area (Å²) in [4.78, 5) is 0. The molecule has 2 nitrogen and oxygen atoms in total. The van der Waals surface area contributed by atoms with Crippen molar-refractivity contribution in [3.05, 3.63) is 107 Å². The molecule has 2 aliphatic carbocycles. The van der Waals surface area contributed by atoms with Crippen LogP contribution < -0.4 is 9.47 Å². The third-order valence-corrected chi connectivity index (χ3v) is 3.59. The quantitative estimate of drug-likeness (QED) is 0.184. The number of ether oxygens (including phenoxy) is 2. The standard InChI is InChI=1S/2C7H3F4O.2C5H5.Ti/c2*1-12-7-5(10)3(8)2-4(9)6(7)11;2*1-2-4-5-3-1;/h2*1H3;2*1-3H,4H2;/q4*-1;+4. The molecule has 0 unspecified atom stereocenters. The van der Waals surface area contributed by atoms with Crippen LogP contribution in [-0.4, -0.2) is 14.2 Å². The smallest absolute Gasteiger partial charge is 0.516 e. The van der Waals surface area contributed by atoms with Crippen LogP contribution in [0.25, 0.3) is 0 Å². The Labute approximate surface area is 212 Å². The van der Waals surface area contributed by atoms with Gasteiger partial charge in [0.2, 0.25) is 0 Å². The van der Waals surface area contributed by atoms with Gasteiger partial charge in [-0.25, -0.2) is 41.9 Å². The van der Waals surface area contributed by atoms with E-state index >= 15 is 0 Å². The van der Waals surface area contributed by atoms with E-state index in [1.807, 2.05) is 24.3 Å². The SMILES string of the molecule is COc1c(F)c(F)[c-]c(F)c1F.COc1c(F)c(F)[c-]c(F)c1F.[C-]1=CC=CC1.[C-]1=CC=CC1.[Ti+4]. The Hall–Kier alpha value is -2.85. The Bertz CT molecular complexity index is 924. The van der Waals surface area contributed by atoms with Gasteiger partial charge in [-0.3, -0.25) is 29.7 Å². The van der Waals surface area contributed by atoms with Crippen LogP contribution >= 0.6 is 0 Å². The van der Waals surface area contributed by atoms with Gasteiger partial charge in [0.15, 0.2) is 0 Å². The molecule has 0 N–H and O–H groups in total. The van der Waals surface area contributed by atoms with E-state index in [2.05, 4.69) is 33.8 Å². The second kappa shape index (κ2) is 16.7. The second-order valence-electron chi connectivity index (χ2n) is 5.83. The monoisotopic (exact) mass is 536 g/mol. The van der Waals surface area contributed by atoms with Crippen LogP contribution in [0.4, 0.5) is 35.1 Å². The maximum atomic E-state index is 12.5. The topological polar surface area (TPSA) is 18.5 Å². The molecule has 4 rings (SSSR count). The molecule has 0 amide bonds. The molecule has 184 valence electrons. The van der Waals surface area contributed by atoms with Crippen molar-refractivity contribution < 1.29 is 66.3 Å². The molecule has 2 aliphatic rings. The largest absolute Gasteiger partial charge is 4.00 e. The Morgan fingerprint density at radius 1 is 0.571 bits per heavy atom. The number of hydrogen-bond donors (Lipinski definition) is 0. The summed E-state index contributed by atoms with van der Waals surface area (Å²) in [6.07, 6.45) is 20.0. The minimum absolute atomic E-state index is 0. The van der Waals surface area contributed by atoms with E-state index in [1.165, 1.54) is 12.1 Å². The fourth-order valence-corrected chi connectivity index (χ4v) is 2.04. The van der Waals surface area contributed by atoms with Crippen molar-refractivity contribution in [3.8, 4) is 11.5 Å². The van der Waals surface area contributed by atoms with Gasteiger partial charge in [-0.05, 0) is 0 Å². The molecule has 11 heteroatoms. The summed E-state index contributed by atoms with van der Waals surface area (Å²) >= 11 is 0. The minimum atomic E-state index is -1.61. The Morgan fingerprint density at radius 3 is 1.00 bits per heavy atom. The Morgan fingerprint density at radius 2 is 0.857 bits per heavy atom. The van der Waals surface area contributed by atoms with E-state index in [0.717, 1.165) is 27.1 Å². The van der Waals surface area contributed by atoms with Gasteiger partial charge in [-0.15, -0.1) is 25.0 Å². The van der Waals surface area contributed by atoms with Crippen molar-refractivity contribution in [1.29, 1.82) is 0 Å². The number of allylic oxidation sites excluding steroid dienone is 8. The van der Waals surface area contributed by atoms with Gasteiger partial charge in [-0.2, -0.15) is 12.2 Å². The number of halogens is 8. The van der Waals surface area contributed by atoms with Crippen LogP contribution in [0.2, 0.25) is 0 Å². The van der Waals surface area contributed by atoms with E-state index in [9.17, 15) is 35.1 Å². The first-order valence-corrected chi connectivity index (χ1v) is 9.17. The predicted octanol–water partition coefficient (Wildman–Crippen LogP) is 6.71. The maximum absolute atomic E-state index is 12.5. The van der Waals surface area contributed by atoms with E-state index in [1.54, 1.807) is 0 Å². The molecular weight excluding hydrogens is 520 g/mol. The molecule has 0 saturated carbocycles. The Kier molecular flexibility index (Phi) is 15.4. The number of hydrogen-bond acceptors (Lipinski definition) is 2. The Balaban J connectivity index is 0.000000468. The van der Waals surface area contributed by atoms with Gasteiger partial charge in [0.05, 0.1) is 72.3 Å². The van der Waals surface area contributed by atoms with Gasteiger partial charge in [-0.1, -0.05) is 0 Å². The molecule has 0 bridgehead atoms. The van der Waals surface area contributed by atoms with Crippen LogP contribution in [0.1, 0.15) is 12.8 Å². The first-order chi connectivity index (χ1) is 16.1. The average Bonchev–Trinajstić information content (AvgIpc) is 3.57. The average molecular weight is 536 g/mol. The summed E-state index contributed by atoms with van der Waals surface area (Å²) in [5, 5.41) is 0. The van der Waals surface area contributed by atoms with E-state index < -0.39 is 58.0 Å². The summed E-state index contributed by atoms with van der Waals surface area (Å²) in [5.74, 6) is -14.9. The van der Waals surface area contributed by atoms with Crippen LogP contribution in [0.3, 0.4) is 0 Å². The predicted molar refractivity (Wildman–Crippen MR) is 106 cm³/mol. The van der Waals surface area contributed by atoms with Crippen LogP contribution in [0.15, 0.2) is 36.5 Å². The van der Waals surface area contributed by atoms with Gasteiger partial charge >= 0.3 is 21.7 Å². The van der Waals surface area contributed by atoms with Crippen molar-refractivity contribution in [1.82, 2.24) is 0 Å². The molecule has 0 aromatic heterocycles.